The molecule has 94 valence electrons. The van der Waals surface area contributed by atoms with Gasteiger partial charge in [-0.05, 0) is 18.1 Å². The maximum atomic E-state index is 5.71. The number of hydrogen-bond donors (Lipinski definition) is 1. The molecule has 0 saturated heterocycles. The number of nitrogen functional groups attached to an aromatic ring is 1. The second-order valence-electron chi connectivity index (χ2n) is 4.04. The van der Waals surface area contributed by atoms with Gasteiger partial charge in [0.1, 0.15) is 11.6 Å². The Hall–Kier alpha value is -1.49. The zero-order chi connectivity index (χ0) is 13.0. The van der Waals surface area contributed by atoms with E-state index in [4.69, 9.17) is 5.73 Å². The van der Waals surface area contributed by atoms with E-state index in [2.05, 4.69) is 37.8 Å². The van der Waals surface area contributed by atoms with E-state index < -0.39 is 0 Å². The van der Waals surface area contributed by atoms with Gasteiger partial charge >= 0.3 is 0 Å². The molecule has 0 atom stereocenters. The van der Waals surface area contributed by atoms with Crippen molar-refractivity contribution in [3.8, 4) is 0 Å². The molecule has 0 fully saturated rings. The number of nitrogens with zero attached hydrogens (tertiary/aromatic N) is 3. The molecule has 2 aromatic rings. The number of anilines is 1. The normalized spacial score (nSPS) is 10.6. The summed E-state index contributed by atoms with van der Waals surface area (Å²) in [6, 6.07) is 8.03. The summed E-state index contributed by atoms with van der Waals surface area (Å²) in [6.07, 6.45) is 2.48. The molecule has 0 bridgehead atoms. The number of nitrogens with two attached hydrogens (primary N) is 1. The van der Waals surface area contributed by atoms with Crippen LogP contribution in [0.2, 0.25) is 0 Å². The highest BCUT2D eigenvalue weighted by Gasteiger charge is 2.06. The number of aromatic nitrogens is 3. The summed E-state index contributed by atoms with van der Waals surface area (Å²) in [4.78, 5) is 12.8. The molecule has 0 aliphatic heterocycles. The van der Waals surface area contributed by atoms with Crippen molar-refractivity contribution < 1.29 is 0 Å². The van der Waals surface area contributed by atoms with Crippen LogP contribution in [0.25, 0.3) is 0 Å². The van der Waals surface area contributed by atoms with Crippen LogP contribution >= 0.6 is 15.9 Å². The zero-order valence-corrected chi connectivity index (χ0v) is 11.8. The van der Waals surface area contributed by atoms with E-state index in [9.17, 15) is 0 Å². The fraction of sp³-hybridized carbons (Fsp3) is 0.308. The second-order valence-corrected chi connectivity index (χ2v) is 4.90. The van der Waals surface area contributed by atoms with Crippen molar-refractivity contribution >= 4 is 21.9 Å². The van der Waals surface area contributed by atoms with Gasteiger partial charge in [0, 0.05) is 17.3 Å². The molecule has 1 heterocycles. The molecular formula is C13H15BrN4. The third-order valence-electron chi connectivity index (χ3n) is 2.53. The molecule has 0 unspecified atom stereocenters. The number of rotatable bonds is 4. The van der Waals surface area contributed by atoms with E-state index >= 15 is 0 Å². The van der Waals surface area contributed by atoms with Crippen LogP contribution in [0.1, 0.15) is 30.6 Å². The first-order valence-electron chi connectivity index (χ1n) is 5.91. The molecule has 2 N–H and O–H groups in total. The fourth-order valence-electron chi connectivity index (χ4n) is 1.71. The Morgan fingerprint density at radius 2 is 1.83 bits per heavy atom. The number of halogens is 1. The summed E-state index contributed by atoms with van der Waals surface area (Å²) in [5, 5.41) is 0. The Bertz CT molecular complexity index is 542. The average Bonchev–Trinajstić information content (AvgIpc) is 2.32. The van der Waals surface area contributed by atoms with Crippen LogP contribution in [-0.4, -0.2) is 15.0 Å². The minimum Gasteiger partial charge on any atom is -0.368 e. The average molecular weight is 307 g/mol. The summed E-state index contributed by atoms with van der Waals surface area (Å²) in [5.74, 6) is 1.79. The molecule has 0 saturated carbocycles. The molecule has 1 aromatic heterocycles. The van der Waals surface area contributed by atoms with Gasteiger partial charge in [0.25, 0.3) is 0 Å². The Labute approximate surface area is 115 Å². The predicted octanol–water partition coefficient (Wildman–Crippen LogP) is 2.76. The van der Waals surface area contributed by atoms with Gasteiger partial charge in [-0.3, -0.25) is 0 Å². The Morgan fingerprint density at radius 3 is 2.56 bits per heavy atom. The minimum absolute atomic E-state index is 0.301. The molecule has 2 rings (SSSR count). The maximum absolute atomic E-state index is 5.71. The topological polar surface area (TPSA) is 64.7 Å². The van der Waals surface area contributed by atoms with Crippen LogP contribution in [0.3, 0.4) is 0 Å². The van der Waals surface area contributed by atoms with Crippen LogP contribution in [0.15, 0.2) is 28.7 Å². The van der Waals surface area contributed by atoms with Gasteiger partial charge in [-0.15, -0.1) is 0 Å². The van der Waals surface area contributed by atoms with Gasteiger partial charge in [0.15, 0.2) is 0 Å². The van der Waals surface area contributed by atoms with Crippen LogP contribution < -0.4 is 5.73 Å². The smallest absolute Gasteiger partial charge is 0.223 e. The first-order chi connectivity index (χ1) is 8.69. The number of hydrogen-bond acceptors (Lipinski definition) is 4. The standard InChI is InChI=1S/C13H15BrN4/c1-2-5-11-16-12(18-13(15)17-11)8-9-6-3-4-7-10(9)14/h3-4,6-7H,2,5,8H2,1H3,(H2,15,16,17,18). The van der Waals surface area contributed by atoms with Gasteiger partial charge in [-0.2, -0.15) is 9.97 Å². The van der Waals surface area contributed by atoms with E-state index in [1.165, 1.54) is 0 Å². The van der Waals surface area contributed by atoms with Crippen LogP contribution in [0, 0.1) is 0 Å². The lowest BCUT2D eigenvalue weighted by atomic mass is 10.1. The number of benzene rings is 1. The van der Waals surface area contributed by atoms with Crippen molar-refractivity contribution in [3.05, 3.63) is 46.0 Å². The van der Waals surface area contributed by atoms with Gasteiger partial charge in [0.05, 0.1) is 0 Å². The van der Waals surface area contributed by atoms with Gasteiger partial charge in [0.2, 0.25) is 5.95 Å². The Balaban J connectivity index is 2.26. The lowest BCUT2D eigenvalue weighted by Crippen LogP contribution is -2.08. The van der Waals surface area contributed by atoms with Crippen LogP contribution in [-0.2, 0) is 12.8 Å². The molecule has 0 spiro atoms. The van der Waals surface area contributed by atoms with E-state index in [-0.39, 0.29) is 0 Å². The molecule has 4 nitrogen and oxygen atoms in total. The summed E-state index contributed by atoms with van der Waals surface area (Å²) < 4.78 is 1.06. The van der Waals surface area contributed by atoms with Crippen molar-refractivity contribution in [3.63, 3.8) is 0 Å². The summed E-state index contributed by atoms with van der Waals surface area (Å²) in [5.41, 5.74) is 6.85. The fourth-order valence-corrected chi connectivity index (χ4v) is 2.14. The monoisotopic (exact) mass is 306 g/mol. The third kappa shape index (κ3) is 3.26. The number of aryl methyl sites for hydroxylation is 1. The lowest BCUT2D eigenvalue weighted by Gasteiger charge is -2.05. The first kappa shape index (κ1) is 13.0. The predicted molar refractivity (Wildman–Crippen MR) is 75.2 cm³/mol. The highest BCUT2D eigenvalue weighted by Crippen LogP contribution is 2.18. The molecule has 0 aliphatic carbocycles. The lowest BCUT2D eigenvalue weighted by molar-refractivity contribution is 0.791. The van der Waals surface area contributed by atoms with Crippen molar-refractivity contribution in [1.29, 1.82) is 0 Å². The van der Waals surface area contributed by atoms with Crippen molar-refractivity contribution in [2.45, 2.75) is 26.2 Å². The first-order valence-corrected chi connectivity index (χ1v) is 6.71. The molecule has 1 aromatic carbocycles. The minimum atomic E-state index is 0.301. The molecule has 18 heavy (non-hydrogen) atoms. The van der Waals surface area contributed by atoms with Gasteiger partial charge in [-0.25, -0.2) is 4.98 Å². The molecule has 0 aliphatic rings. The van der Waals surface area contributed by atoms with Crippen LogP contribution in [0.5, 0.6) is 0 Å². The Morgan fingerprint density at radius 1 is 1.11 bits per heavy atom. The maximum Gasteiger partial charge on any atom is 0.223 e. The van der Waals surface area contributed by atoms with E-state index in [1.807, 2.05) is 24.3 Å². The van der Waals surface area contributed by atoms with Crippen molar-refractivity contribution in [2.24, 2.45) is 0 Å². The van der Waals surface area contributed by atoms with E-state index in [1.54, 1.807) is 0 Å². The van der Waals surface area contributed by atoms with E-state index in [0.717, 1.165) is 34.5 Å². The summed E-state index contributed by atoms with van der Waals surface area (Å²) >= 11 is 3.52. The zero-order valence-electron chi connectivity index (χ0n) is 10.2. The highest BCUT2D eigenvalue weighted by atomic mass is 79.9. The molecular weight excluding hydrogens is 292 g/mol. The van der Waals surface area contributed by atoms with E-state index in [0.29, 0.717) is 12.4 Å². The highest BCUT2D eigenvalue weighted by molar-refractivity contribution is 9.10. The quantitative estimate of drug-likeness (QED) is 0.943. The van der Waals surface area contributed by atoms with Crippen molar-refractivity contribution in [2.75, 3.05) is 5.73 Å². The van der Waals surface area contributed by atoms with Gasteiger partial charge in [-0.1, -0.05) is 41.1 Å². The Kier molecular flexibility index (Phi) is 4.25. The molecule has 5 heteroatoms. The van der Waals surface area contributed by atoms with Crippen LogP contribution in [0.4, 0.5) is 5.95 Å². The third-order valence-corrected chi connectivity index (χ3v) is 3.30. The van der Waals surface area contributed by atoms with Gasteiger partial charge < -0.3 is 5.73 Å². The largest absolute Gasteiger partial charge is 0.368 e. The van der Waals surface area contributed by atoms with Crippen molar-refractivity contribution in [1.82, 2.24) is 15.0 Å². The molecule has 0 amide bonds. The second kappa shape index (κ2) is 5.91. The SMILES string of the molecule is CCCc1nc(N)nc(Cc2ccccc2Br)n1. The molecule has 0 radical (unpaired) electrons. The summed E-state index contributed by atoms with van der Waals surface area (Å²) in [7, 11) is 0. The summed E-state index contributed by atoms with van der Waals surface area (Å²) in [6.45, 7) is 2.09.